The molecule has 2 amide bonds. The van der Waals surface area contributed by atoms with Crippen LogP contribution in [0, 0.1) is 0 Å². The average Bonchev–Trinajstić information content (AvgIpc) is 2.87. The number of esters is 1. The summed E-state index contributed by atoms with van der Waals surface area (Å²) >= 11 is 0.958. The minimum absolute atomic E-state index is 0.0711. The fraction of sp³-hybridized carbons (Fsp3) is 0.417. The number of anilines is 1. The summed E-state index contributed by atoms with van der Waals surface area (Å²) in [6, 6.07) is -0.626. The highest BCUT2D eigenvalue weighted by molar-refractivity contribution is 7.17. The van der Waals surface area contributed by atoms with Crippen molar-refractivity contribution < 1.29 is 23.9 Å². The van der Waals surface area contributed by atoms with Gasteiger partial charge in [0.2, 0.25) is 11.8 Å². The van der Waals surface area contributed by atoms with Crippen molar-refractivity contribution in [2.75, 3.05) is 18.6 Å². The molecule has 1 aromatic rings. The number of nitrogens with one attached hydrogen (secondary N) is 1. The standard InChI is InChI=1S/C12H13N3O5S/c1-5-10(18)13-7(17)4-15(5)12-14-8(11(19)20-3)9(21-12)6(2)16/h5H,4H2,1-3H3,(H,13,17,18). The third kappa shape index (κ3) is 2.77. The molecule has 2 heterocycles. The molecule has 8 nitrogen and oxygen atoms in total. The average molecular weight is 311 g/mol. The van der Waals surface area contributed by atoms with Crippen molar-refractivity contribution in [1.29, 1.82) is 0 Å². The van der Waals surface area contributed by atoms with E-state index in [1.54, 1.807) is 6.92 Å². The fourth-order valence-corrected chi connectivity index (χ4v) is 2.88. The number of aromatic nitrogens is 1. The maximum atomic E-state index is 11.6. The molecule has 1 aliphatic heterocycles. The van der Waals surface area contributed by atoms with Gasteiger partial charge in [0.25, 0.3) is 0 Å². The number of thiazole rings is 1. The molecule has 0 saturated carbocycles. The number of Topliss-reactive ketones (excluding diaryl/α,β-unsaturated/α-hetero) is 1. The molecule has 0 aliphatic carbocycles. The van der Waals surface area contributed by atoms with Crippen LogP contribution in [0.15, 0.2) is 0 Å². The molecule has 0 aromatic carbocycles. The van der Waals surface area contributed by atoms with E-state index in [2.05, 4.69) is 15.0 Å². The molecule has 1 fully saturated rings. The van der Waals surface area contributed by atoms with Crippen LogP contribution in [0.2, 0.25) is 0 Å². The van der Waals surface area contributed by atoms with Crippen molar-refractivity contribution in [1.82, 2.24) is 10.3 Å². The lowest BCUT2D eigenvalue weighted by molar-refractivity contribution is -0.132. The lowest BCUT2D eigenvalue weighted by atomic mass is 10.2. The van der Waals surface area contributed by atoms with Crippen LogP contribution in [0.5, 0.6) is 0 Å². The van der Waals surface area contributed by atoms with Crippen molar-refractivity contribution in [2.45, 2.75) is 19.9 Å². The minimum atomic E-state index is -0.733. The molecular weight excluding hydrogens is 298 g/mol. The van der Waals surface area contributed by atoms with Crippen LogP contribution in [-0.2, 0) is 14.3 Å². The predicted octanol–water partition coefficient (Wildman–Crippen LogP) is -0.0164. The Bertz CT molecular complexity index is 639. The van der Waals surface area contributed by atoms with Crippen molar-refractivity contribution in [3.8, 4) is 0 Å². The van der Waals surface area contributed by atoms with Crippen molar-refractivity contribution in [2.24, 2.45) is 0 Å². The van der Waals surface area contributed by atoms with Crippen LogP contribution in [0.3, 0.4) is 0 Å². The van der Waals surface area contributed by atoms with E-state index < -0.39 is 23.8 Å². The van der Waals surface area contributed by atoms with Crippen LogP contribution in [0.25, 0.3) is 0 Å². The quantitative estimate of drug-likeness (QED) is 0.475. The number of methoxy groups -OCH3 is 1. The summed E-state index contributed by atoms with van der Waals surface area (Å²) in [4.78, 5) is 52.0. The highest BCUT2D eigenvalue weighted by Crippen LogP contribution is 2.29. The predicted molar refractivity (Wildman–Crippen MR) is 73.4 cm³/mol. The van der Waals surface area contributed by atoms with Gasteiger partial charge in [-0.15, -0.1) is 0 Å². The Labute approximate surface area is 124 Å². The number of carbonyl (C=O) groups is 4. The van der Waals surface area contributed by atoms with E-state index in [1.807, 2.05) is 0 Å². The maximum absolute atomic E-state index is 11.6. The zero-order valence-electron chi connectivity index (χ0n) is 11.6. The number of piperazine rings is 1. The molecular formula is C12H13N3O5S. The van der Waals surface area contributed by atoms with Gasteiger partial charge < -0.3 is 9.64 Å². The molecule has 9 heteroatoms. The van der Waals surface area contributed by atoms with Crippen LogP contribution in [0.1, 0.15) is 34.0 Å². The Balaban J connectivity index is 2.44. The lowest BCUT2D eigenvalue weighted by Crippen LogP contribution is -2.57. The summed E-state index contributed by atoms with van der Waals surface area (Å²) in [6.07, 6.45) is 0. The van der Waals surface area contributed by atoms with Gasteiger partial charge in [-0.2, -0.15) is 0 Å². The number of imide groups is 1. The first-order valence-corrected chi connectivity index (χ1v) is 6.87. The molecule has 21 heavy (non-hydrogen) atoms. The van der Waals surface area contributed by atoms with Gasteiger partial charge in [-0.05, 0) is 6.92 Å². The van der Waals surface area contributed by atoms with E-state index in [9.17, 15) is 19.2 Å². The molecule has 0 spiro atoms. The number of hydrogen-bond acceptors (Lipinski definition) is 8. The van der Waals surface area contributed by atoms with E-state index >= 15 is 0 Å². The number of hydrogen-bond donors (Lipinski definition) is 1. The second-order valence-corrected chi connectivity index (χ2v) is 5.42. The molecule has 0 bridgehead atoms. The van der Waals surface area contributed by atoms with Gasteiger partial charge in [-0.25, -0.2) is 9.78 Å². The second kappa shape index (κ2) is 5.60. The van der Waals surface area contributed by atoms with Gasteiger partial charge in [0.15, 0.2) is 16.6 Å². The van der Waals surface area contributed by atoms with Gasteiger partial charge in [-0.3, -0.25) is 19.7 Å². The molecule has 1 unspecified atom stereocenters. The van der Waals surface area contributed by atoms with E-state index in [-0.39, 0.29) is 28.0 Å². The highest BCUT2D eigenvalue weighted by atomic mass is 32.1. The molecule has 1 N–H and O–H groups in total. The zero-order valence-corrected chi connectivity index (χ0v) is 12.4. The second-order valence-electron chi connectivity index (χ2n) is 4.44. The van der Waals surface area contributed by atoms with Gasteiger partial charge in [0.1, 0.15) is 17.5 Å². The summed E-state index contributed by atoms with van der Waals surface area (Å²) in [7, 11) is 1.19. The first kappa shape index (κ1) is 15.1. The molecule has 1 aliphatic rings. The normalized spacial score (nSPS) is 18.4. The van der Waals surface area contributed by atoms with E-state index in [0.29, 0.717) is 0 Å². The Hall–Kier alpha value is -2.29. The summed E-state index contributed by atoms with van der Waals surface area (Å²) in [5.41, 5.74) is -0.101. The first-order chi connectivity index (χ1) is 9.85. The van der Waals surface area contributed by atoms with Gasteiger partial charge in [0.05, 0.1) is 7.11 Å². The third-order valence-electron chi connectivity index (χ3n) is 2.98. The van der Waals surface area contributed by atoms with Crippen LogP contribution in [0.4, 0.5) is 5.13 Å². The maximum Gasteiger partial charge on any atom is 0.358 e. The SMILES string of the molecule is COC(=O)c1nc(N2CC(=O)NC(=O)C2C)sc1C(C)=O. The Morgan fingerprint density at radius 1 is 1.43 bits per heavy atom. The summed E-state index contributed by atoms with van der Waals surface area (Å²) in [5.74, 6) is -1.98. The van der Waals surface area contributed by atoms with Gasteiger partial charge in [-0.1, -0.05) is 11.3 Å². The van der Waals surface area contributed by atoms with E-state index in [0.717, 1.165) is 11.3 Å². The molecule has 0 radical (unpaired) electrons. The summed E-state index contributed by atoms with van der Waals surface area (Å²) in [5, 5.41) is 2.47. The Morgan fingerprint density at radius 2 is 2.10 bits per heavy atom. The number of ether oxygens (including phenoxy) is 1. The zero-order chi connectivity index (χ0) is 15.7. The topological polar surface area (TPSA) is 106 Å². The van der Waals surface area contributed by atoms with Crippen molar-refractivity contribution in [3.05, 3.63) is 10.6 Å². The lowest BCUT2D eigenvalue weighted by Gasteiger charge is -2.31. The number of nitrogens with zero attached hydrogens (tertiary/aromatic N) is 2. The summed E-state index contributed by atoms with van der Waals surface area (Å²) < 4.78 is 4.59. The van der Waals surface area contributed by atoms with Crippen molar-refractivity contribution >= 4 is 40.0 Å². The monoisotopic (exact) mass is 311 g/mol. The molecule has 1 saturated heterocycles. The Kier molecular flexibility index (Phi) is 4.03. The minimum Gasteiger partial charge on any atom is -0.464 e. The molecule has 1 aromatic heterocycles. The largest absolute Gasteiger partial charge is 0.464 e. The van der Waals surface area contributed by atoms with Crippen LogP contribution < -0.4 is 10.2 Å². The van der Waals surface area contributed by atoms with Crippen molar-refractivity contribution in [3.63, 3.8) is 0 Å². The molecule has 2 rings (SSSR count). The molecule has 112 valence electrons. The summed E-state index contributed by atoms with van der Waals surface area (Å²) in [6.45, 7) is 2.84. The van der Waals surface area contributed by atoms with Crippen LogP contribution >= 0.6 is 11.3 Å². The van der Waals surface area contributed by atoms with E-state index in [4.69, 9.17) is 0 Å². The van der Waals surface area contributed by atoms with Gasteiger partial charge >= 0.3 is 5.97 Å². The van der Waals surface area contributed by atoms with Crippen LogP contribution in [-0.4, -0.2) is 48.2 Å². The third-order valence-corrected chi connectivity index (χ3v) is 4.18. The van der Waals surface area contributed by atoms with Gasteiger partial charge in [0, 0.05) is 6.92 Å². The fourth-order valence-electron chi connectivity index (χ4n) is 1.85. The number of ketones is 1. The number of amides is 2. The highest BCUT2D eigenvalue weighted by Gasteiger charge is 2.34. The first-order valence-electron chi connectivity index (χ1n) is 6.05. The number of rotatable bonds is 3. The molecule has 1 atom stereocenters. The smallest absolute Gasteiger partial charge is 0.358 e. The van der Waals surface area contributed by atoms with E-state index in [1.165, 1.54) is 18.9 Å². The Morgan fingerprint density at radius 3 is 2.67 bits per heavy atom. The number of carbonyl (C=O) groups excluding carboxylic acids is 4.